The summed E-state index contributed by atoms with van der Waals surface area (Å²) in [6, 6.07) is 34.4. The van der Waals surface area contributed by atoms with Crippen LogP contribution in [0.4, 0.5) is 0 Å². The van der Waals surface area contributed by atoms with E-state index < -0.39 is 0 Å². The molecule has 1 nitrogen and oxygen atoms in total. The molecule has 5 rings (SSSR count). The van der Waals surface area contributed by atoms with Gasteiger partial charge in [-0.15, -0.1) is 0 Å². The molecular formula is C24H17N. The van der Waals surface area contributed by atoms with Gasteiger partial charge in [-0.25, -0.2) is 0 Å². The highest BCUT2D eigenvalue weighted by atomic mass is 14.7. The third-order valence-electron chi connectivity index (χ3n) is 4.83. The van der Waals surface area contributed by atoms with Crippen molar-refractivity contribution in [3.63, 3.8) is 0 Å². The molecule has 0 amide bonds. The second-order valence-electron chi connectivity index (χ2n) is 6.37. The van der Waals surface area contributed by atoms with E-state index in [0.717, 1.165) is 5.69 Å². The van der Waals surface area contributed by atoms with Crippen molar-refractivity contribution < 1.29 is 0 Å². The third-order valence-corrected chi connectivity index (χ3v) is 4.83. The van der Waals surface area contributed by atoms with E-state index in [0.29, 0.717) is 0 Å². The summed E-state index contributed by atoms with van der Waals surface area (Å²) in [5.41, 5.74) is 6.04. The lowest BCUT2D eigenvalue weighted by Crippen LogP contribution is -1.79. The van der Waals surface area contributed by atoms with Crippen LogP contribution in [-0.4, -0.2) is 4.98 Å². The van der Waals surface area contributed by atoms with Crippen molar-refractivity contribution in [3.8, 4) is 22.4 Å². The maximum atomic E-state index is 3.56. The molecular weight excluding hydrogens is 302 g/mol. The van der Waals surface area contributed by atoms with Crippen LogP contribution in [0.25, 0.3) is 44.1 Å². The number of benzene rings is 4. The van der Waals surface area contributed by atoms with Gasteiger partial charge in [-0.2, -0.15) is 0 Å². The molecule has 1 N–H and O–H groups in total. The number of nitrogens with one attached hydrogen (secondary N) is 1. The van der Waals surface area contributed by atoms with Gasteiger partial charge in [0, 0.05) is 16.6 Å². The molecule has 1 aromatic heterocycles. The number of aromatic nitrogens is 1. The van der Waals surface area contributed by atoms with Gasteiger partial charge in [-0.05, 0) is 39.6 Å². The van der Waals surface area contributed by atoms with Gasteiger partial charge in [0.05, 0.1) is 0 Å². The molecule has 0 atom stereocenters. The molecule has 0 radical (unpaired) electrons. The van der Waals surface area contributed by atoms with Crippen molar-refractivity contribution in [2.24, 2.45) is 0 Å². The van der Waals surface area contributed by atoms with Crippen molar-refractivity contribution in [1.29, 1.82) is 0 Å². The van der Waals surface area contributed by atoms with Crippen LogP contribution in [-0.2, 0) is 0 Å². The van der Waals surface area contributed by atoms with E-state index >= 15 is 0 Å². The average Bonchev–Trinajstić information content (AvgIpc) is 3.14. The summed E-state index contributed by atoms with van der Waals surface area (Å²) in [4.78, 5) is 3.56. The molecule has 1 heterocycles. The Bertz CT molecular complexity index is 1170. The summed E-state index contributed by atoms with van der Waals surface area (Å²) in [5, 5.41) is 3.85. The maximum absolute atomic E-state index is 3.56. The number of hydrogen-bond donors (Lipinski definition) is 1. The fourth-order valence-electron chi connectivity index (χ4n) is 3.51. The van der Waals surface area contributed by atoms with Gasteiger partial charge in [0.2, 0.25) is 0 Å². The second kappa shape index (κ2) is 5.64. The van der Waals surface area contributed by atoms with Crippen LogP contribution in [0.1, 0.15) is 0 Å². The number of aromatic amines is 1. The first-order valence-electron chi connectivity index (χ1n) is 8.55. The molecule has 118 valence electrons. The summed E-state index contributed by atoms with van der Waals surface area (Å²) in [7, 11) is 0. The van der Waals surface area contributed by atoms with Gasteiger partial charge in [-0.3, -0.25) is 0 Å². The smallest absolute Gasteiger partial charge is 0.0465 e. The molecule has 25 heavy (non-hydrogen) atoms. The largest absolute Gasteiger partial charge is 0.355 e. The summed E-state index contributed by atoms with van der Waals surface area (Å²) in [6.45, 7) is 0. The van der Waals surface area contributed by atoms with Crippen molar-refractivity contribution in [2.75, 3.05) is 0 Å². The number of fused-ring (bicyclic) bond motifs is 3. The van der Waals surface area contributed by atoms with Crippen molar-refractivity contribution in [1.82, 2.24) is 4.98 Å². The standard InChI is InChI=1S/C24H17N/c1-2-6-17(7-3-1)18-10-12-20(13-11-18)24-16-22-21-9-5-4-8-19(21)14-15-23(22)25-24/h1-16,25H. The Hall–Kier alpha value is -3.32. The Balaban J connectivity index is 1.60. The molecule has 0 spiro atoms. The number of hydrogen-bond acceptors (Lipinski definition) is 0. The van der Waals surface area contributed by atoms with Crippen LogP contribution in [0, 0.1) is 0 Å². The molecule has 0 aliphatic carbocycles. The predicted octanol–water partition coefficient (Wildman–Crippen LogP) is 6.66. The Morgan fingerprint density at radius 1 is 0.480 bits per heavy atom. The first-order valence-corrected chi connectivity index (χ1v) is 8.55. The predicted molar refractivity (Wildman–Crippen MR) is 107 cm³/mol. The molecule has 4 aromatic carbocycles. The molecule has 0 saturated heterocycles. The lowest BCUT2D eigenvalue weighted by Gasteiger charge is -2.03. The summed E-state index contributed by atoms with van der Waals surface area (Å²) in [5.74, 6) is 0. The molecule has 1 heteroatoms. The van der Waals surface area contributed by atoms with Gasteiger partial charge in [0.15, 0.2) is 0 Å². The quantitative estimate of drug-likeness (QED) is 0.374. The van der Waals surface area contributed by atoms with E-state index in [-0.39, 0.29) is 0 Å². The van der Waals surface area contributed by atoms with Crippen LogP contribution in [0.15, 0.2) is 97.1 Å². The molecule has 0 bridgehead atoms. The number of rotatable bonds is 2. The zero-order valence-electron chi connectivity index (χ0n) is 13.7. The summed E-state index contributed by atoms with van der Waals surface area (Å²) < 4.78 is 0. The summed E-state index contributed by atoms with van der Waals surface area (Å²) in [6.07, 6.45) is 0. The van der Waals surface area contributed by atoms with Gasteiger partial charge >= 0.3 is 0 Å². The minimum atomic E-state index is 1.16. The second-order valence-corrected chi connectivity index (χ2v) is 6.37. The zero-order chi connectivity index (χ0) is 16.6. The SMILES string of the molecule is c1ccc(-c2ccc(-c3cc4c(ccc5ccccc54)[nH]3)cc2)cc1. The van der Waals surface area contributed by atoms with Gasteiger partial charge in [0.25, 0.3) is 0 Å². The first-order chi connectivity index (χ1) is 12.4. The van der Waals surface area contributed by atoms with Crippen molar-refractivity contribution in [2.45, 2.75) is 0 Å². The lowest BCUT2D eigenvalue weighted by atomic mass is 10.0. The van der Waals surface area contributed by atoms with E-state index in [4.69, 9.17) is 0 Å². The third kappa shape index (κ3) is 2.41. The first kappa shape index (κ1) is 14.1. The minimum absolute atomic E-state index is 1.16. The van der Waals surface area contributed by atoms with Crippen molar-refractivity contribution in [3.05, 3.63) is 97.1 Å². The average molecular weight is 319 g/mol. The highest BCUT2D eigenvalue weighted by Gasteiger charge is 2.07. The lowest BCUT2D eigenvalue weighted by molar-refractivity contribution is 1.45. The summed E-state index contributed by atoms with van der Waals surface area (Å²) >= 11 is 0. The molecule has 0 aliphatic heterocycles. The zero-order valence-corrected chi connectivity index (χ0v) is 13.7. The highest BCUT2D eigenvalue weighted by molar-refractivity contribution is 6.08. The minimum Gasteiger partial charge on any atom is -0.355 e. The van der Waals surface area contributed by atoms with Crippen LogP contribution in [0.3, 0.4) is 0 Å². The van der Waals surface area contributed by atoms with Crippen LogP contribution < -0.4 is 0 Å². The van der Waals surface area contributed by atoms with E-state index in [1.165, 1.54) is 38.4 Å². The number of H-pyrrole nitrogens is 1. The van der Waals surface area contributed by atoms with E-state index in [2.05, 4.69) is 96.0 Å². The van der Waals surface area contributed by atoms with Crippen LogP contribution >= 0.6 is 0 Å². The fourth-order valence-corrected chi connectivity index (χ4v) is 3.51. The maximum Gasteiger partial charge on any atom is 0.0465 e. The van der Waals surface area contributed by atoms with E-state index in [9.17, 15) is 0 Å². The van der Waals surface area contributed by atoms with Crippen LogP contribution in [0.5, 0.6) is 0 Å². The topological polar surface area (TPSA) is 15.8 Å². The Labute approximate surface area is 146 Å². The monoisotopic (exact) mass is 319 g/mol. The molecule has 0 fully saturated rings. The normalized spacial score (nSPS) is 11.2. The van der Waals surface area contributed by atoms with Crippen molar-refractivity contribution >= 4 is 21.7 Å². The Kier molecular flexibility index (Phi) is 3.17. The fraction of sp³-hybridized carbons (Fsp3) is 0. The van der Waals surface area contributed by atoms with E-state index in [1.807, 2.05) is 6.07 Å². The van der Waals surface area contributed by atoms with E-state index in [1.54, 1.807) is 0 Å². The molecule has 0 saturated carbocycles. The van der Waals surface area contributed by atoms with Gasteiger partial charge in [0.1, 0.15) is 0 Å². The Morgan fingerprint density at radius 2 is 1.16 bits per heavy atom. The van der Waals surface area contributed by atoms with Gasteiger partial charge in [-0.1, -0.05) is 84.9 Å². The Morgan fingerprint density at radius 3 is 2.00 bits per heavy atom. The van der Waals surface area contributed by atoms with Crippen LogP contribution in [0.2, 0.25) is 0 Å². The van der Waals surface area contributed by atoms with Gasteiger partial charge < -0.3 is 4.98 Å². The molecule has 0 unspecified atom stereocenters. The molecule has 0 aliphatic rings. The molecule has 5 aromatic rings. The highest BCUT2D eigenvalue weighted by Crippen LogP contribution is 2.31.